The first kappa shape index (κ1) is 21.4. The number of carbonyl (C=O) groups excluding carboxylic acids is 1. The zero-order chi connectivity index (χ0) is 21.0. The van der Waals surface area contributed by atoms with E-state index in [1.54, 1.807) is 0 Å². The predicted octanol–water partition coefficient (Wildman–Crippen LogP) is 4.90. The van der Waals surface area contributed by atoms with E-state index >= 15 is 0 Å². The summed E-state index contributed by atoms with van der Waals surface area (Å²) in [6.07, 6.45) is 0.541. The third kappa shape index (κ3) is 5.39. The number of alkyl carbamates (subject to hydrolysis) is 1. The molecule has 1 saturated heterocycles. The lowest BCUT2D eigenvalue weighted by Crippen LogP contribution is -2.36. The molecule has 1 heterocycles. The van der Waals surface area contributed by atoms with Gasteiger partial charge in [-0.2, -0.15) is 0 Å². The molecule has 0 aromatic heterocycles. The normalized spacial score (nSPS) is 20.3. The molecule has 2 aromatic rings. The van der Waals surface area contributed by atoms with Crippen molar-refractivity contribution in [3.8, 4) is 0 Å². The molecule has 0 bridgehead atoms. The topological polar surface area (TPSA) is 50.4 Å². The molecule has 3 atom stereocenters. The van der Waals surface area contributed by atoms with E-state index in [0.29, 0.717) is 6.61 Å². The molecule has 0 spiro atoms. The molecule has 4 nitrogen and oxygen atoms in total. The van der Waals surface area contributed by atoms with Crippen molar-refractivity contribution in [3.05, 3.63) is 70.8 Å². The van der Waals surface area contributed by atoms with Gasteiger partial charge in [-0.1, -0.05) is 74.9 Å². The molecular weight excluding hydrogens is 360 g/mol. The van der Waals surface area contributed by atoms with Crippen LogP contribution in [0.15, 0.2) is 48.5 Å². The van der Waals surface area contributed by atoms with Crippen LogP contribution >= 0.6 is 0 Å². The highest BCUT2D eigenvalue weighted by molar-refractivity contribution is 5.67. The van der Waals surface area contributed by atoms with Gasteiger partial charge < -0.3 is 15.4 Å². The number of nitrogens with one attached hydrogen (secondary N) is 2. The molecule has 0 radical (unpaired) electrons. The van der Waals surface area contributed by atoms with Crippen LogP contribution in [-0.4, -0.2) is 31.3 Å². The minimum atomic E-state index is -0.332. The van der Waals surface area contributed by atoms with Crippen LogP contribution in [0.25, 0.3) is 0 Å². The fourth-order valence-corrected chi connectivity index (χ4v) is 4.09. The maximum absolute atomic E-state index is 11.8. The van der Waals surface area contributed by atoms with Crippen LogP contribution in [0.3, 0.4) is 0 Å². The van der Waals surface area contributed by atoms with Gasteiger partial charge in [0, 0.05) is 24.5 Å². The maximum atomic E-state index is 11.8. The average Bonchev–Trinajstić information content (AvgIpc) is 3.11. The van der Waals surface area contributed by atoms with Gasteiger partial charge in [0.2, 0.25) is 0 Å². The number of ether oxygens (including phenoxy) is 1. The quantitative estimate of drug-likeness (QED) is 0.758. The molecule has 0 saturated carbocycles. The molecule has 1 amide bonds. The highest BCUT2D eigenvalue weighted by atomic mass is 16.5. The molecule has 2 unspecified atom stereocenters. The highest BCUT2D eigenvalue weighted by Crippen LogP contribution is 2.34. The average molecular weight is 395 g/mol. The van der Waals surface area contributed by atoms with Crippen molar-refractivity contribution in [2.75, 3.05) is 13.2 Å². The second kappa shape index (κ2) is 9.00. The Hall–Kier alpha value is -2.33. The van der Waals surface area contributed by atoms with Crippen LogP contribution in [0.2, 0.25) is 0 Å². The van der Waals surface area contributed by atoms with Gasteiger partial charge >= 0.3 is 6.09 Å². The molecule has 29 heavy (non-hydrogen) atoms. The van der Waals surface area contributed by atoms with Gasteiger partial charge in [0.05, 0.1) is 6.61 Å². The van der Waals surface area contributed by atoms with Gasteiger partial charge in [0.15, 0.2) is 0 Å². The summed E-state index contributed by atoms with van der Waals surface area (Å²) in [6.45, 7) is 11.8. The fraction of sp³-hybridized carbons (Fsp3) is 0.480. The standard InChI is InChI=1S/C25H34N2O2/c1-6-29-24(28)27-21-15-22(26-16-21)23(18-9-7-17(2)8-10-18)19-11-13-20(14-12-19)25(3,4)5/h7-14,21-23,26H,6,15-16H2,1-5H3,(H,27,28)/t21-,22?,23?/m1/s1. The second-order valence-corrected chi connectivity index (χ2v) is 9.07. The minimum absolute atomic E-state index is 0.0841. The van der Waals surface area contributed by atoms with Crippen LogP contribution in [0, 0.1) is 6.92 Å². The number of hydrogen-bond acceptors (Lipinski definition) is 3. The summed E-state index contributed by atoms with van der Waals surface area (Å²) >= 11 is 0. The van der Waals surface area contributed by atoms with Crippen molar-refractivity contribution in [2.24, 2.45) is 0 Å². The van der Waals surface area contributed by atoms with Crippen LogP contribution in [0.5, 0.6) is 0 Å². The first-order chi connectivity index (χ1) is 13.8. The lowest BCUT2D eigenvalue weighted by atomic mass is 9.81. The van der Waals surface area contributed by atoms with Gasteiger partial charge in [0.25, 0.3) is 0 Å². The SMILES string of the molecule is CCOC(=O)N[C@H]1CNC(C(c2ccc(C)cc2)c2ccc(C(C)(C)C)cc2)C1. The number of amides is 1. The molecule has 3 rings (SSSR count). The van der Waals surface area contributed by atoms with Gasteiger partial charge in [0.1, 0.15) is 0 Å². The Kier molecular flexibility index (Phi) is 6.63. The number of hydrogen-bond donors (Lipinski definition) is 2. The van der Waals surface area contributed by atoms with Gasteiger partial charge in [-0.3, -0.25) is 0 Å². The van der Waals surface area contributed by atoms with Crippen molar-refractivity contribution in [1.82, 2.24) is 10.6 Å². The minimum Gasteiger partial charge on any atom is -0.450 e. The van der Waals surface area contributed by atoms with Crippen molar-refractivity contribution < 1.29 is 9.53 Å². The smallest absolute Gasteiger partial charge is 0.407 e. The van der Waals surface area contributed by atoms with Gasteiger partial charge in [-0.25, -0.2) is 4.79 Å². The first-order valence-corrected chi connectivity index (χ1v) is 10.6. The fourth-order valence-electron chi connectivity index (χ4n) is 4.09. The Morgan fingerprint density at radius 2 is 1.69 bits per heavy atom. The van der Waals surface area contributed by atoms with E-state index < -0.39 is 0 Å². The number of rotatable bonds is 5. The Labute approximate surface area is 175 Å². The number of aryl methyl sites for hydroxylation is 1. The van der Waals surface area contributed by atoms with Crippen molar-refractivity contribution in [3.63, 3.8) is 0 Å². The first-order valence-electron chi connectivity index (χ1n) is 10.6. The monoisotopic (exact) mass is 394 g/mol. The Morgan fingerprint density at radius 3 is 2.24 bits per heavy atom. The van der Waals surface area contributed by atoms with E-state index in [1.165, 1.54) is 22.3 Å². The molecular formula is C25H34N2O2. The van der Waals surface area contributed by atoms with E-state index in [9.17, 15) is 4.79 Å². The van der Waals surface area contributed by atoms with Crippen LogP contribution < -0.4 is 10.6 Å². The number of carbonyl (C=O) groups is 1. The van der Waals surface area contributed by atoms with Crippen LogP contribution in [0.4, 0.5) is 4.79 Å². The zero-order valence-electron chi connectivity index (χ0n) is 18.3. The third-order valence-electron chi connectivity index (χ3n) is 5.74. The van der Waals surface area contributed by atoms with E-state index in [1.807, 2.05) is 6.92 Å². The lowest BCUT2D eigenvalue weighted by molar-refractivity contribution is 0.148. The van der Waals surface area contributed by atoms with Crippen molar-refractivity contribution >= 4 is 6.09 Å². The van der Waals surface area contributed by atoms with E-state index in [4.69, 9.17) is 4.74 Å². The molecule has 1 aliphatic heterocycles. The molecule has 0 aliphatic carbocycles. The third-order valence-corrected chi connectivity index (χ3v) is 5.74. The summed E-state index contributed by atoms with van der Waals surface area (Å²) in [5.74, 6) is 0.235. The zero-order valence-corrected chi connectivity index (χ0v) is 18.3. The summed E-state index contributed by atoms with van der Waals surface area (Å²) in [5, 5.41) is 6.62. The number of benzene rings is 2. The lowest BCUT2D eigenvalue weighted by Gasteiger charge is -2.27. The molecule has 4 heteroatoms. The van der Waals surface area contributed by atoms with Crippen molar-refractivity contribution in [1.29, 1.82) is 0 Å². The van der Waals surface area contributed by atoms with Gasteiger partial charge in [-0.05, 0) is 42.4 Å². The molecule has 156 valence electrons. The summed E-state index contributed by atoms with van der Waals surface area (Å²) in [7, 11) is 0. The summed E-state index contributed by atoms with van der Waals surface area (Å²) in [5.41, 5.74) is 5.34. The van der Waals surface area contributed by atoms with E-state index in [0.717, 1.165) is 13.0 Å². The summed E-state index contributed by atoms with van der Waals surface area (Å²) in [4.78, 5) is 11.8. The summed E-state index contributed by atoms with van der Waals surface area (Å²) in [6, 6.07) is 18.2. The largest absolute Gasteiger partial charge is 0.450 e. The van der Waals surface area contributed by atoms with Crippen LogP contribution in [0.1, 0.15) is 62.3 Å². The van der Waals surface area contributed by atoms with E-state index in [2.05, 4.69) is 86.9 Å². The molecule has 1 fully saturated rings. The highest BCUT2D eigenvalue weighted by Gasteiger charge is 2.33. The van der Waals surface area contributed by atoms with Gasteiger partial charge in [-0.15, -0.1) is 0 Å². The molecule has 2 N–H and O–H groups in total. The molecule has 1 aliphatic rings. The summed E-state index contributed by atoms with van der Waals surface area (Å²) < 4.78 is 5.05. The molecule has 2 aromatic carbocycles. The Bertz CT molecular complexity index is 806. The Balaban J connectivity index is 1.85. The Morgan fingerprint density at radius 1 is 1.10 bits per heavy atom. The van der Waals surface area contributed by atoms with E-state index in [-0.39, 0.29) is 29.5 Å². The second-order valence-electron chi connectivity index (χ2n) is 9.07. The maximum Gasteiger partial charge on any atom is 0.407 e. The van der Waals surface area contributed by atoms with Crippen LogP contribution in [-0.2, 0) is 10.2 Å². The van der Waals surface area contributed by atoms with Crippen molar-refractivity contribution in [2.45, 2.75) is 64.5 Å². The predicted molar refractivity (Wildman–Crippen MR) is 119 cm³/mol.